The smallest absolute Gasteiger partial charge is 0.261 e. The number of aromatic nitrogens is 1. The van der Waals surface area contributed by atoms with E-state index in [1.54, 1.807) is 49.8 Å². The third-order valence-electron chi connectivity index (χ3n) is 4.08. The van der Waals surface area contributed by atoms with E-state index in [2.05, 4.69) is 9.71 Å². The molecule has 0 saturated heterocycles. The van der Waals surface area contributed by atoms with Crippen molar-refractivity contribution in [1.82, 2.24) is 4.98 Å². The number of hydrogen-bond donors (Lipinski definition) is 1. The summed E-state index contributed by atoms with van der Waals surface area (Å²) >= 11 is 0. The minimum Gasteiger partial charge on any atom is -0.496 e. The molecule has 0 saturated carbocycles. The SMILES string of the molecule is COc1cc(NS(=O)(=O)c2cccc(C)c2)ccc1-c1cnccc1C. The van der Waals surface area contributed by atoms with Crippen molar-refractivity contribution in [1.29, 1.82) is 0 Å². The maximum atomic E-state index is 12.6. The quantitative estimate of drug-likeness (QED) is 0.734. The summed E-state index contributed by atoms with van der Waals surface area (Å²) in [6.07, 6.45) is 3.50. The fraction of sp³-hybridized carbons (Fsp3) is 0.150. The first-order valence-electron chi connectivity index (χ1n) is 8.09. The van der Waals surface area contributed by atoms with Crippen LogP contribution in [-0.2, 0) is 10.0 Å². The molecule has 0 spiro atoms. The molecule has 0 aliphatic heterocycles. The molecule has 2 aromatic carbocycles. The summed E-state index contributed by atoms with van der Waals surface area (Å²) in [5, 5.41) is 0. The lowest BCUT2D eigenvalue weighted by atomic mass is 10.0. The van der Waals surface area contributed by atoms with Crippen molar-refractivity contribution in [2.24, 2.45) is 0 Å². The van der Waals surface area contributed by atoms with Crippen LogP contribution in [0.1, 0.15) is 11.1 Å². The minimum atomic E-state index is -3.66. The van der Waals surface area contributed by atoms with Gasteiger partial charge in [-0.1, -0.05) is 12.1 Å². The van der Waals surface area contributed by atoms with E-state index in [1.165, 1.54) is 0 Å². The van der Waals surface area contributed by atoms with Gasteiger partial charge in [0.15, 0.2) is 0 Å². The van der Waals surface area contributed by atoms with Gasteiger partial charge in [-0.3, -0.25) is 9.71 Å². The second-order valence-corrected chi connectivity index (χ2v) is 7.71. The number of methoxy groups -OCH3 is 1. The van der Waals surface area contributed by atoms with Crippen LogP contribution in [0.5, 0.6) is 5.75 Å². The highest BCUT2D eigenvalue weighted by Gasteiger charge is 2.16. The number of pyridine rings is 1. The van der Waals surface area contributed by atoms with E-state index in [0.29, 0.717) is 11.4 Å². The van der Waals surface area contributed by atoms with Gasteiger partial charge in [0.05, 0.1) is 17.7 Å². The highest BCUT2D eigenvalue weighted by Crippen LogP contribution is 2.34. The Labute approximate surface area is 153 Å². The molecule has 1 heterocycles. The Bertz CT molecular complexity index is 1050. The van der Waals surface area contributed by atoms with Crippen LogP contribution in [0, 0.1) is 13.8 Å². The summed E-state index contributed by atoms with van der Waals surface area (Å²) in [6, 6.07) is 13.9. The third kappa shape index (κ3) is 3.70. The van der Waals surface area contributed by atoms with E-state index in [0.717, 1.165) is 22.3 Å². The Morgan fingerprint density at radius 1 is 1.00 bits per heavy atom. The van der Waals surface area contributed by atoms with Crippen LogP contribution in [0.25, 0.3) is 11.1 Å². The molecule has 0 radical (unpaired) electrons. The van der Waals surface area contributed by atoms with Crippen molar-refractivity contribution in [3.63, 3.8) is 0 Å². The van der Waals surface area contributed by atoms with Gasteiger partial charge in [0.1, 0.15) is 5.75 Å². The molecular weight excluding hydrogens is 348 g/mol. The predicted molar refractivity (Wildman–Crippen MR) is 103 cm³/mol. The van der Waals surface area contributed by atoms with E-state index in [9.17, 15) is 8.42 Å². The normalized spacial score (nSPS) is 11.2. The summed E-state index contributed by atoms with van der Waals surface area (Å²) in [4.78, 5) is 4.39. The van der Waals surface area contributed by atoms with Crippen LogP contribution in [0.15, 0.2) is 65.8 Å². The summed E-state index contributed by atoms with van der Waals surface area (Å²) in [5.41, 5.74) is 4.18. The Kier molecular flexibility index (Phi) is 4.95. The van der Waals surface area contributed by atoms with E-state index in [-0.39, 0.29) is 4.90 Å². The first kappa shape index (κ1) is 17.9. The van der Waals surface area contributed by atoms with Crippen molar-refractivity contribution in [2.75, 3.05) is 11.8 Å². The molecule has 5 nitrogen and oxygen atoms in total. The first-order valence-corrected chi connectivity index (χ1v) is 9.57. The van der Waals surface area contributed by atoms with Crippen LogP contribution in [0.4, 0.5) is 5.69 Å². The second-order valence-electron chi connectivity index (χ2n) is 6.03. The summed E-state index contributed by atoms with van der Waals surface area (Å²) in [5.74, 6) is 0.575. The second kappa shape index (κ2) is 7.17. The zero-order valence-corrected chi connectivity index (χ0v) is 15.7. The molecule has 1 N–H and O–H groups in total. The molecule has 3 aromatic rings. The lowest BCUT2D eigenvalue weighted by Gasteiger charge is -2.14. The molecule has 0 aliphatic carbocycles. The molecule has 134 valence electrons. The van der Waals surface area contributed by atoms with Crippen molar-refractivity contribution in [3.8, 4) is 16.9 Å². The molecule has 0 atom stereocenters. The van der Waals surface area contributed by atoms with Crippen molar-refractivity contribution in [3.05, 3.63) is 72.1 Å². The van der Waals surface area contributed by atoms with Crippen LogP contribution in [-0.4, -0.2) is 20.5 Å². The van der Waals surface area contributed by atoms with Gasteiger partial charge in [-0.05, 0) is 55.3 Å². The van der Waals surface area contributed by atoms with Gasteiger partial charge >= 0.3 is 0 Å². The standard InChI is InChI=1S/C20H20N2O3S/c1-14-5-4-6-17(11-14)26(23,24)22-16-7-8-18(20(12-16)25-3)19-13-21-10-9-15(19)2/h4-13,22H,1-3H3. The number of nitrogens with one attached hydrogen (secondary N) is 1. The molecule has 3 rings (SSSR count). The average Bonchev–Trinajstić information content (AvgIpc) is 2.62. The van der Waals surface area contributed by atoms with Gasteiger partial charge in [0, 0.05) is 29.6 Å². The van der Waals surface area contributed by atoms with Crippen molar-refractivity contribution >= 4 is 15.7 Å². The molecule has 0 fully saturated rings. The monoisotopic (exact) mass is 368 g/mol. The highest BCUT2D eigenvalue weighted by atomic mass is 32.2. The number of anilines is 1. The molecule has 6 heteroatoms. The lowest BCUT2D eigenvalue weighted by Crippen LogP contribution is -2.13. The van der Waals surface area contributed by atoms with E-state index < -0.39 is 10.0 Å². The minimum absolute atomic E-state index is 0.226. The van der Waals surface area contributed by atoms with Crippen molar-refractivity contribution in [2.45, 2.75) is 18.7 Å². The summed E-state index contributed by atoms with van der Waals surface area (Å²) in [7, 11) is -2.11. The molecule has 0 unspecified atom stereocenters. The Balaban J connectivity index is 1.97. The molecule has 26 heavy (non-hydrogen) atoms. The Morgan fingerprint density at radius 2 is 1.81 bits per heavy atom. The lowest BCUT2D eigenvalue weighted by molar-refractivity contribution is 0.416. The number of rotatable bonds is 5. The van der Waals surface area contributed by atoms with E-state index in [1.807, 2.05) is 32.0 Å². The number of nitrogens with zero attached hydrogens (tertiary/aromatic N) is 1. The van der Waals surface area contributed by atoms with Crippen LogP contribution < -0.4 is 9.46 Å². The van der Waals surface area contributed by atoms with Crippen LogP contribution >= 0.6 is 0 Å². The maximum Gasteiger partial charge on any atom is 0.261 e. The zero-order valence-electron chi connectivity index (χ0n) is 14.9. The highest BCUT2D eigenvalue weighted by molar-refractivity contribution is 7.92. The maximum absolute atomic E-state index is 12.6. The molecule has 0 bridgehead atoms. The Morgan fingerprint density at radius 3 is 2.50 bits per heavy atom. The zero-order chi connectivity index (χ0) is 18.7. The number of benzene rings is 2. The topological polar surface area (TPSA) is 68.3 Å². The third-order valence-corrected chi connectivity index (χ3v) is 5.46. The van der Waals surface area contributed by atoms with Crippen LogP contribution in [0.3, 0.4) is 0 Å². The number of ether oxygens (including phenoxy) is 1. The van der Waals surface area contributed by atoms with Gasteiger partial charge < -0.3 is 4.74 Å². The number of sulfonamides is 1. The van der Waals surface area contributed by atoms with Gasteiger partial charge in [0.25, 0.3) is 10.0 Å². The van der Waals surface area contributed by atoms with E-state index >= 15 is 0 Å². The van der Waals surface area contributed by atoms with Gasteiger partial charge in [-0.15, -0.1) is 0 Å². The van der Waals surface area contributed by atoms with Gasteiger partial charge in [0.2, 0.25) is 0 Å². The largest absolute Gasteiger partial charge is 0.496 e. The average molecular weight is 368 g/mol. The van der Waals surface area contributed by atoms with E-state index in [4.69, 9.17) is 4.74 Å². The first-order chi connectivity index (χ1) is 12.4. The Hall–Kier alpha value is -2.86. The van der Waals surface area contributed by atoms with Crippen LogP contribution in [0.2, 0.25) is 0 Å². The number of aryl methyl sites for hydroxylation is 2. The molecule has 0 amide bonds. The molecular formula is C20H20N2O3S. The fourth-order valence-corrected chi connectivity index (χ4v) is 3.87. The van der Waals surface area contributed by atoms with Crippen molar-refractivity contribution < 1.29 is 13.2 Å². The molecule has 0 aliphatic rings. The predicted octanol–water partition coefficient (Wildman–Crippen LogP) is 4.17. The molecule has 1 aromatic heterocycles. The van der Waals surface area contributed by atoms with Gasteiger partial charge in [-0.25, -0.2) is 8.42 Å². The number of hydrogen-bond acceptors (Lipinski definition) is 4. The summed E-state index contributed by atoms with van der Waals surface area (Å²) < 4.78 is 33.3. The summed E-state index contributed by atoms with van der Waals surface area (Å²) in [6.45, 7) is 3.85. The van der Waals surface area contributed by atoms with Gasteiger partial charge in [-0.2, -0.15) is 0 Å². The fourth-order valence-electron chi connectivity index (χ4n) is 2.72.